The quantitative estimate of drug-likeness (QED) is 0.836. The van der Waals surface area contributed by atoms with Crippen molar-refractivity contribution in [3.8, 4) is 0 Å². The monoisotopic (exact) mass is 273 g/mol. The third-order valence-corrected chi connectivity index (χ3v) is 5.08. The van der Waals surface area contributed by atoms with Crippen molar-refractivity contribution in [1.29, 1.82) is 0 Å². The summed E-state index contributed by atoms with van der Waals surface area (Å²) in [6, 6.07) is -0.130. The zero-order chi connectivity index (χ0) is 13.5. The van der Waals surface area contributed by atoms with Gasteiger partial charge in [0.2, 0.25) is 0 Å². The number of rotatable bonds is 3. The number of nitrogens with zero attached hydrogens (tertiary/aromatic N) is 2. The average molecular weight is 273 g/mol. The van der Waals surface area contributed by atoms with Gasteiger partial charge in [-0.1, -0.05) is 6.92 Å². The van der Waals surface area contributed by atoms with Gasteiger partial charge in [-0.05, 0) is 19.3 Å². The Labute approximate surface area is 105 Å². The van der Waals surface area contributed by atoms with E-state index in [-0.39, 0.29) is 22.5 Å². The van der Waals surface area contributed by atoms with Crippen LogP contribution in [-0.2, 0) is 10.0 Å². The number of carbonyl (C=O) groups is 1. The standard InChI is InChI=1S/C10H15N3O4S/c1-6-3-7(2)13(5-6)18(16,17)9-8(10(14)15)4-11-12-9/h4,6-7H,3,5H2,1-2H3,(H,11,12)(H,14,15). The van der Waals surface area contributed by atoms with Gasteiger partial charge in [0.15, 0.2) is 5.03 Å². The third kappa shape index (κ3) is 2.01. The Bertz CT molecular complexity index is 565. The first-order chi connectivity index (χ1) is 8.34. The van der Waals surface area contributed by atoms with E-state index in [0.29, 0.717) is 6.54 Å². The summed E-state index contributed by atoms with van der Waals surface area (Å²) in [5, 5.41) is 14.4. The zero-order valence-corrected chi connectivity index (χ0v) is 10.9. The summed E-state index contributed by atoms with van der Waals surface area (Å²) in [6.07, 6.45) is 1.79. The van der Waals surface area contributed by atoms with E-state index in [1.807, 2.05) is 13.8 Å². The molecule has 100 valence electrons. The molecule has 8 heteroatoms. The molecule has 0 radical (unpaired) electrons. The van der Waals surface area contributed by atoms with Gasteiger partial charge >= 0.3 is 5.97 Å². The van der Waals surface area contributed by atoms with Crippen molar-refractivity contribution in [2.75, 3.05) is 6.54 Å². The number of sulfonamides is 1. The van der Waals surface area contributed by atoms with Crippen molar-refractivity contribution >= 4 is 16.0 Å². The lowest BCUT2D eigenvalue weighted by atomic mass is 10.1. The van der Waals surface area contributed by atoms with E-state index in [1.54, 1.807) is 0 Å². The molecule has 0 aromatic carbocycles. The van der Waals surface area contributed by atoms with Crippen LogP contribution in [0, 0.1) is 5.92 Å². The number of hydrogen-bond donors (Lipinski definition) is 2. The van der Waals surface area contributed by atoms with Crippen LogP contribution >= 0.6 is 0 Å². The highest BCUT2D eigenvalue weighted by Gasteiger charge is 2.39. The van der Waals surface area contributed by atoms with E-state index in [4.69, 9.17) is 5.11 Å². The minimum absolute atomic E-state index is 0.130. The van der Waals surface area contributed by atoms with E-state index < -0.39 is 16.0 Å². The second-order valence-electron chi connectivity index (χ2n) is 4.68. The lowest BCUT2D eigenvalue weighted by Crippen LogP contribution is -2.35. The van der Waals surface area contributed by atoms with Crippen molar-refractivity contribution in [1.82, 2.24) is 14.5 Å². The van der Waals surface area contributed by atoms with Crippen molar-refractivity contribution in [2.45, 2.75) is 31.3 Å². The number of aromatic amines is 1. The summed E-state index contributed by atoms with van der Waals surface area (Å²) in [4.78, 5) is 10.9. The molecule has 7 nitrogen and oxygen atoms in total. The highest BCUT2D eigenvalue weighted by molar-refractivity contribution is 7.89. The van der Waals surface area contributed by atoms with Crippen molar-refractivity contribution in [3.63, 3.8) is 0 Å². The molecular weight excluding hydrogens is 258 g/mol. The largest absolute Gasteiger partial charge is 0.478 e. The summed E-state index contributed by atoms with van der Waals surface area (Å²) >= 11 is 0. The number of H-pyrrole nitrogens is 1. The molecule has 2 atom stereocenters. The summed E-state index contributed by atoms with van der Waals surface area (Å²) in [5.41, 5.74) is -0.318. The van der Waals surface area contributed by atoms with Crippen LogP contribution in [0.25, 0.3) is 0 Å². The summed E-state index contributed by atoms with van der Waals surface area (Å²) in [6.45, 7) is 4.19. The fourth-order valence-electron chi connectivity index (χ4n) is 2.34. The second-order valence-corrected chi connectivity index (χ2v) is 6.51. The number of carboxylic acid groups (broad SMARTS) is 1. The molecule has 18 heavy (non-hydrogen) atoms. The Morgan fingerprint density at radius 1 is 1.56 bits per heavy atom. The Hall–Kier alpha value is -1.41. The minimum atomic E-state index is -3.82. The number of aromatic nitrogens is 2. The van der Waals surface area contributed by atoms with E-state index in [9.17, 15) is 13.2 Å². The molecule has 0 amide bonds. The zero-order valence-electron chi connectivity index (χ0n) is 10.1. The molecule has 1 aromatic rings. The fourth-order valence-corrected chi connectivity index (χ4v) is 4.17. The van der Waals surface area contributed by atoms with Gasteiger partial charge in [-0.25, -0.2) is 13.2 Å². The molecule has 1 saturated heterocycles. The van der Waals surface area contributed by atoms with Crippen LogP contribution in [0.5, 0.6) is 0 Å². The molecule has 1 fully saturated rings. The summed E-state index contributed by atoms with van der Waals surface area (Å²) in [5.74, 6) is -1.03. The Kier molecular flexibility index (Phi) is 3.16. The molecule has 1 aliphatic rings. The maximum atomic E-state index is 12.4. The Balaban J connectivity index is 2.43. The van der Waals surface area contributed by atoms with Gasteiger partial charge in [-0.15, -0.1) is 0 Å². The van der Waals surface area contributed by atoms with Gasteiger partial charge in [-0.3, -0.25) is 5.10 Å². The third-order valence-electron chi connectivity index (χ3n) is 3.13. The molecule has 2 rings (SSSR count). The first kappa shape index (κ1) is 13.0. The Morgan fingerprint density at radius 3 is 2.72 bits per heavy atom. The molecule has 0 bridgehead atoms. The first-order valence-electron chi connectivity index (χ1n) is 5.62. The fraction of sp³-hybridized carbons (Fsp3) is 0.600. The minimum Gasteiger partial charge on any atom is -0.478 e. The Morgan fingerprint density at radius 2 is 2.22 bits per heavy atom. The highest BCUT2D eigenvalue weighted by atomic mass is 32.2. The maximum Gasteiger partial charge on any atom is 0.340 e. The second kappa shape index (κ2) is 4.36. The van der Waals surface area contributed by atoms with Crippen LogP contribution in [0.2, 0.25) is 0 Å². The van der Waals surface area contributed by atoms with Crippen LogP contribution < -0.4 is 0 Å². The first-order valence-corrected chi connectivity index (χ1v) is 7.06. The van der Waals surface area contributed by atoms with Gasteiger partial charge in [0.05, 0.1) is 6.20 Å². The van der Waals surface area contributed by atoms with E-state index >= 15 is 0 Å². The highest BCUT2D eigenvalue weighted by Crippen LogP contribution is 2.29. The lowest BCUT2D eigenvalue weighted by Gasteiger charge is -2.20. The summed E-state index contributed by atoms with van der Waals surface area (Å²) in [7, 11) is -3.82. The molecule has 2 N–H and O–H groups in total. The molecule has 0 saturated carbocycles. The van der Waals surface area contributed by atoms with Crippen LogP contribution in [0.15, 0.2) is 11.2 Å². The van der Waals surface area contributed by atoms with E-state index in [1.165, 1.54) is 4.31 Å². The molecule has 2 heterocycles. The number of aromatic carboxylic acids is 1. The van der Waals surface area contributed by atoms with Gasteiger partial charge in [-0.2, -0.15) is 9.40 Å². The predicted molar refractivity (Wildman–Crippen MR) is 62.7 cm³/mol. The van der Waals surface area contributed by atoms with Gasteiger partial charge in [0.25, 0.3) is 10.0 Å². The van der Waals surface area contributed by atoms with Crippen molar-refractivity contribution < 1.29 is 18.3 Å². The number of carboxylic acids is 1. The van der Waals surface area contributed by atoms with Crippen LogP contribution in [0.4, 0.5) is 0 Å². The molecule has 2 unspecified atom stereocenters. The van der Waals surface area contributed by atoms with Gasteiger partial charge in [0.1, 0.15) is 5.56 Å². The normalized spacial score (nSPS) is 25.4. The molecule has 1 aromatic heterocycles. The van der Waals surface area contributed by atoms with Crippen molar-refractivity contribution in [2.24, 2.45) is 5.92 Å². The van der Waals surface area contributed by atoms with Gasteiger partial charge < -0.3 is 5.11 Å². The molecule has 0 aliphatic carbocycles. The maximum absolute atomic E-state index is 12.4. The topological polar surface area (TPSA) is 103 Å². The molecular formula is C10H15N3O4S. The molecule has 0 spiro atoms. The van der Waals surface area contributed by atoms with E-state index in [0.717, 1.165) is 12.6 Å². The smallest absolute Gasteiger partial charge is 0.340 e. The average Bonchev–Trinajstić information content (AvgIpc) is 2.84. The van der Waals surface area contributed by atoms with Crippen molar-refractivity contribution in [3.05, 3.63) is 11.8 Å². The lowest BCUT2D eigenvalue weighted by molar-refractivity contribution is 0.0692. The molecule has 1 aliphatic heterocycles. The number of nitrogens with one attached hydrogen (secondary N) is 1. The van der Waals surface area contributed by atoms with Crippen LogP contribution in [0.3, 0.4) is 0 Å². The summed E-state index contributed by atoms with van der Waals surface area (Å²) < 4.78 is 26.1. The predicted octanol–water partition coefficient (Wildman–Crippen LogP) is 0.527. The van der Waals surface area contributed by atoms with Crippen LogP contribution in [-0.4, -0.2) is 46.6 Å². The van der Waals surface area contributed by atoms with Gasteiger partial charge in [0, 0.05) is 12.6 Å². The SMILES string of the molecule is CC1CC(C)N(S(=O)(=O)c2[nH]ncc2C(=O)O)C1. The van der Waals surface area contributed by atoms with Crippen LogP contribution in [0.1, 0.15) is 30.6 Å². The number of hydrogen-bond acceptors (Lipinski definition) is 4. The van der Waals surface area contributed by atoms with E-state index in [2.05, 4.69) is 10.2 Å².